The van der Waals surface area contributed by atoms with Crippen LogP contribution in [0.4, 0.5) is 11.4 Å². The Hall–Kier alpha value is -2.41. The molecule has 1 aromatic carbocycles. The molecule has 26 heavy (non-hydrogen) atoms. The molecule has 1 fully saturated rings. The molecule has 7 heteroatoms. The number of aryl methyl sites for hydroxylation is 2. The van der Waals surface area contributed by atoms with Crippen molar-refractivity contribution in [2.75, 3.05) is 16.8 Å². The number of nitrogens with one attached hydrogen (secondary N) is 2. The van der Waals surface area contributed by atoms with E-state index in [-0.39, 0.29) is 29.1 Å². The zero-order chi connectivity index (χ0) is 18.7. The van der Waals surface area contributed by atoms with Gasteiger partial charge in [-0.3, -0.25) is 4.79 Å². The van der Waals surface area contributed by atoms with E-state index < -0.39 is 9.84 Å². The Morgan fingerprint density at radius 1 is 1.27 bits per heavy atom. The highest BCUT2D eigenvalue weighted by molar-refractivity contribution is 7.91. The average molecular weight is 373 g/mol. The third kappa shape index (κ3) is 4.22. The molecule has 138 valence electrons. The first-order valence-electron chi connectivity index (χ1n) is 8.71. The lowest BCUT2D eigenvalue weighted by molar-refractivity contribution is 0.0936. The molecule has 1 saturated heterocycles. The van der Waals surface area contributed by atoms with Crippen LogP contribution in [0.2, 0.25) is 0 Å². The minimum Gasteiger partial charge on any atom is -0.354 e. The number of aromatic nitrogens is 1. The molecule has 0 radical (unpaired) electrons. The fraction of sp³-hybridized carbons (Fsp3) is 0.368. The van der Waals surface area contributed by atoms with Crippen LogP contribution in [0, 0.1) is 6.92 Å². The highest BCUT2D eigenvalue weighted by atomic mass is 32.2. The van der Waals surface area contributed by atoms with Gasteiger partial charge in [-0.1, -0.05) is 25.1 Å². The van der Waals surface area contributed by atoms with Gasteiger partial charge in [-0.2, -0.15) is 0 Å². The first kappa shape index (κ1) is 18.4. The van der Waals surface area contributed by atoms with Gasteiger partial charge < -0.3 is 10.6 Å². The molecule has 1 aliphatic rings. The Kier molecular flexibility index (Phi) is 5.27. The van der Waals surface area contributed by atoms with Crippen molar-refractivity contribution in [1.82, 2.24) is 10.3 Å². The van der Waals surface area contributed by atoms with Crippen LogP contribution in [0.3, 0.4) is 0 Å². The second-order valence-electron chi connectivity index (χ2n) is 6.59. The summed E-state index contributed by atoms with van der Waals surface area (Å²) in [4.78, 5) is 16.5. The Morgan fingerprint density at radius 2 is 2.08 bits per heavy atom. The summed E-state index contributed by atoms with van der Waals surface area (Å²) < 4.78 is 23.0. The van der Waals surface area contributed by atoms with E-state index in [0.29, 0.717) is 6.42 Å². The largest absolute Gasteiger partial charge is 0.354 e. The van der Waals surface area contributed by atoms with E-state index in [1.165, 1.54) is 5.56 Å². The minimum absolute atomic E-state index is 0.00541. The van der Waals surface area contributed by atoms with Gasteiger partial charge in [0.25, 0.3) is 5.91 Å². The molecule has 0 bridgehead atoms. The van der Waals surface area contributed by atoms with Crippen molar-refractivity contribution in [3.63, 3.8) is 0 Å². The van der Waals surface area contributed by atoms with Crippen molar-refractivity contribution in [2.45, 2.75) is 32.7 Å². The quantitative estimate of drug-likeness (QED) is 0.841. The summed E-state index contributed by atoms with van der Waals surface area (Å²) in [5, 5.41) is 6.11. The molecule has 0 aliphatic carbocycles. The monoisotopic (exact) mass is 373 g/mol. The molecular formula is C19H23N3O3S. The molecule has 2 N–H and O–H groups in total. The molecular weight excluding hydrogens is 350 g/mol. The summed E-state index contributed by atoms with van der Waals surface area (Å²) in [6.45, 7) is 4.15. The van der Waals surface area contributed by atoms with Gasteiger partial charge >= 0.3 is 0 Å². The maximum atomic E-state index is 12.2. The van der Waals surface area contributed by atoms with Crippen LogP contribution in [0.15, 0.2) is 36.5 Å². The number of carbonyl (C=O) groups is 1. The molecule has 6 nitrogen and oxygen atoms in total. The Labute approximate surface area is 154 Å². The summed E-state index contributed by atoms with van der Waals surface area (Å²) in [6, 6.07) is 9.29. The third-order valence-electron chi connectivity index (χ3n) is 4.57. The number of benzene rings is 1. The lowest BCUT2D eigenvalue weighted by Crippen LogP contribution is -2.36. The van der Waals surface area contributed by atoms with Crippen molar-refractivity contribution < 1.29 is 13.2 Å². The number of hydrogen-bond donors (Lipinski definition) is 2. The molecule has 2 heterocycles. The zero-order valence-corrected chi connectivity index (χ0v) is 15.8. The summed E-state index contributed by atoms with van der Waals surface area (Å²) in [5.41, 5.74) is 4.50. The number of sulfone groups is 1. The summed E-state index contributed by atoms with van der Waals surface area (Å²) >= 11 is 0. The Balaban J connectivity index is 1.68. The standard InChI is InChI=1S/C19H23N3O3S/c1-3-14-6-4-5-13(2)18(14)21-15-7-8-17(20-11-15)19(23)22-16-9-10-26(24,25)12-16/h4-8,11,16,21H,3,9-10,12H2,1-2H3,(H,22,23). The zero-order valence-electron chi connectivity index (χ0n) is 15.0. The van der Waals surface area contributed by atoms with Crippen LogP contribution in [0.1, 0.15) is 35.0 Å². The second-order valence-corrected chi connectivity index (χ2v) is 8.82. The molecule has 1 atom stereocenters. The van der Waals surface area contributed by atoms with E-state index in [1.807, 2.05) is 19.1 Å². The van der Waals surface area contributed by atoms with E-state index in [4.69, 9.17) is 0 Å². The number of hydrogen-bond acceptors (Lipinski definition) is 5. The lowest BCUT2D eigenvalue weighted by atomic mass is 10.1. The predicted octanol–water partition coefficient (Wildman–Crippen LogP) is 2.61. The van der Waals surface area contributed by atoms with E-state index in [9.17, 15) is 13.2 Å². The summed E-state index contributed by atoms with van der Waals surface area (Å²) in [5.74, 6) is -0.209. The fourth-order valence-corrected chi connectivity index (χ4v) is 4.79. The first-order chi connectivity index (χ1) is 12.4. The number of pyridine rings is 1. The maximum absolute atomic E-state index is 12.2. The molecule has 0 saturated carbocycles. The van der Waals surface area contributed by atoms with E-state index in [2.05, 4.69) is 28.6 Å². The average Bonchev–Trinajstić information content (AvgIpc) is 2.95. The van der Waals surface area contributed by atoms with Gasteiger partial charge in [0, 0.05) is 11.7 Å². The topological polar surface area (TPSA) is 88.2 Å². The van der Waals surface area contributed by atoms with Crippen LogP contribution >= 0.6 is 0 Å². The van der Waals surface area contributed by atoms with Crippen LogP contribution in [-0.2, 0) is 16.3 Å². The molecule has 0 spiro atoms. The van der Waals surface area contributed by atoms with Crippen molar-refractivity contribution in [1.29, 1.82) is 0 Å². The molecule has 2 aromatic rings. The van der Waals surface area contributed by atoms with Crippen molar-refractivity contribution in [3.05, 3.63) is 53.3 Å². The van der Waals surface area contributed by atoms with Crippen LogP contribution in [0.5, 0.6) is 0 Å². The molecule has 1 amide bonds. The second kappa shape index (κ2) is 7.45. The van der Waals surface area contributed by atoms with E-state index in [0.717, 1.165) is 23.4 Å². The molecule has 1 unspecified atom stereocenters. The predicted molar refractivity (Wildman–Crippen MR) is 103 cm³/mol. The summed E-state index contributed by atoms with van der Waals surface area (Å²) in [7, 11) is -3.02. The van der Waals surface area contributed by atoms with Gasteiger partial charge in [0.05, 0.1) is 23.4 Å². The number of anilines is 2. The highest BCUT2D eigenvalue weighted by Gasteiger charge is 2.29. The SMILES string of the molecule is CCc1cccc(C)c1Nc1ccc(C(=O)NC2CCS(=O)(=O)C2)nc1. The third-order valence-corrected chi connectivity index (χ3v) is 6.34. The number of amides is 1. The van der Waals surface area contributed by atoms with Crippen LogP contribution in [-0.4, -0.2) is 36.9 Å². The number of nitrogens with zero attached hydrogens (tertiary/aromatic N) is 1. The first-order valence-corrected chi connectivity index (χ1v) is 10.5. The highest BCUT2D eigenvalue weighted by Crippen LogP contribution is 2.25. The lowest BCUT2D eigenvalue weighted by Gasteiger charge is -2.14. The van der Waals surface area contributed by atoms with Crippen LogP contribution in [0.25, 0.3) is 0 Å². The van der Waals surface area contributed by atoms with Crippen molar-refractivity contribution in [2.24, 2.45) is 0 Å². The minimum atomic E-state index is -3.02. The van der Waals surface area contributed by atoms with Crippen molar-refractivity contribution >= 4 is 27.1 Å². The number of carbonyl (C=O) groups excluding carboxylic acids is 1. The normalized spacial score (nSPS) is 18.5. The Bertz CT molecular complexity index is 908. The van der Waals surface area contributed by atoms with E-state index >= 15 is 0 Å². The van der Waals surface area contributed by atoms with E-state index in [1.54, 1.807) is 18.3 Å². The van der Waals surface area contributed by atoms with Gasteiger partial charge in [0.2, 0.25) is 0 Å². The number of para-hydroxylation sites is 1. The summed E-state index contributed by atoms with van der Waals surface area (Å²) in [6.07, 6.45) is 3.00. The van der Waals surface area contributed by atoms with Gasteiger partial charge in [-0.05, 0) is 43.0 Å². The molecule has 1 aliphatic heterocycles. The van der Waals surface area contributed by atoms with Crippen LogP contribution < -0.4 is 10.6 Å². The van der Waals surface area contributed by atoms with Gasteiger partial charge in [0.15, 0.2) is 9.84 Å². The molecule has 3 rings (SSSR count). The van der Waals surface area contributed by atoms with Gasteiger partial charge in [-0.25, -0.2) is 13.4 Å². The van der Waals surface area contributed by atoms with Gasteiger partial charge in [0.1, 0.15) is 5.69 Å². The van der Waals surface area contributed by atoms with Gasteiger partial charge in [-0.15, -0.1) is 0 Å². The fourth-order valence-electron chi connectivity index (χ4n) is 3.12. The smallest absolute Gasteiger partial charge is 0.270 e. The number of rotatable bonds is 5. The molecule has 1 aromatic heterocycles. The van der Waals surface area contributed by atoms with Crippen molar-refractivity contribution in [3.8, 4) is 0 Å². The maximum Gasteiger partial charge on any atom is 0.270 e. The Morgan fingerprint density at radius 3 is 2.69 bits per heavy atom.